The Morgan fingerprint density at radius 2 is 2.25 bits per heavy atom. The van der Waals surface area contributed by atoms with Crippen molar-refractivity contribution in [2.24, 2.45) is 5.92 Å². The molecule has 0 spiro atoms. The molecule has 0 aromatic heterocycles. The lowest BCUT2D eigenvalue weighted by molar-refractivity contribution is -0.147. The van der Waals surface area contributed by atoms with Crippen molar-refractivity contribution in [2.45, 2.75) is 25.9 Å². The van der Waals surface area contributed by atoms with Crippen LogP contribution in [0.15, 0.2) is 24.3 Å². The van der Waals surface area contributed by atoms with E-state index in [1.807, 2.05) is 31.2 Å². The van der Waals surface area contributed by atoms with Crippen LogP contribution in [-0.4, -0.2) is 17.7 Å². The average molecular weight is 220 g/mol. The third kappa shape index (κ3) is 1.95. The van der Waals surface area contributed by atoms with Crippen LogP contribution < -0.4 is 0 Å². The van der Waals surface area contributed by atoms with Gasteiger partial charge < -0.3 is 9.84 Å². The molecule has 1 aromatic rings. The van der Waals surface area contributed by atoms with Crippen molar-refractivity contribution in [1.29, 1.82) is 0 Å². The topological polar surface area (TPSA) is 46.5 Å². The van der Waals surface area contributed by atoms with E-state index in [4.69, 9.17) is 4.74 Å². The third-order valence-corrected chi connectivity index (χ3v) is 2.99. The molecule has 0 radical (unpaired) electrons. The van der Waals surface area contributed by atoms with E-state index < -0.39 is 11.9 Å². The first-order valence-electron chi connectivity index (χ1n) is 5.66. The highest BCUT2D eigenvalue weighted by atomic mass is 16.5. The minimum absolute atomic E-state index is 0.270. The fourth-order valence-electron chi connectivity index (χ4n) is 2.23. The molecule has 0 saturated heterocycles. The Morgan fingerprint density at radius 1 is 1.50 bits per heavy atom. The predicted molar refractivity (Wildman–Crippen MR) is 60.3 cm³/mol. The van der Waals surface area contributed by atoms with Crippen LogP contribution in [0.5, 0.6) is 0 Å². The number of carboxylic acid groups (broad SMARTS) is 1. The zero-order valence-electron chi connectivity index (χ0n) is 9.35. The van der Waals surface area contributed by atoms with Crippen molar-refractivity contribution in [3.8, 4) is 0 Å². The molecule has 1 aliphatic rings. The molecule has 2 rings (SSSR count). The molecule has 0 saturated carbocycles. The smallest absolute Gasteiger partial charge is 0.309 e. The number of ether oxygens (including phenoxy) is 1. The second-order valence-electron chi connectivity index (χ2n) is 4.14. The summed E-state index contributed by atoms with van der Waals surface area (Å²) in [4.78, 5) is 11.2. The van der Waals surface area contributed by atoms with Gasteiger partial charge in [0.2, 0.25) is 0 Å². The lowest BCUT2D eigenvalue weighted by Gasteiger charge is -2.17. The first kappa shape index (κ1) is 11.1. The van der Waals surface area contributed by atoms with Gasteiger partial charge in [0.05, 0.1) is 12.0 Å². The minimum Gasteiger partial charge on any atom is -0.481 e. The number of rotatable bonds is 4. The van der Waals surface area contributed by atoms with Crippen LogP contribution in [0.4, 0.5) is 0 Å². The molecule has 0 aliphatic heterocycles. The van der Waals surface area contributed by atoms with Gasteiger partial charge in [-0.3, -0.25) is 4.79 Å². The van der Waals surface area contributed by atoms with Gasteiger partial charge in [-0.1, -0.05) is 31.2 Å². The van der Waals surface area contributed by atoms with Crippen LogP contribution in [0.25, 0.3) is 0 Å². The molecule has 0 amide bonds. The highest BCUT2D eigenvalue weighted by Gasteiger charge is 2.37. The van der Waals surface area contributed by atoms with Gasteiger partial charge in [0.1, 0.15) is 0 Å². The maximum atomic E-state index is 11.2. The highest BCUT2D eigenvalue weighted by Crippen LogP contribution is 2.38. The van der Waals surface area contributed by atoms with E-state index in [2.05, 4.69) is 0 Å². The van der Waals surface area contributed by atoms with E-state index in [0.717, 1.165) is 17.5 Å². The molecule has 0 fully saturated rings. The minimum atomic E-state index is -0.766. The lowest BCUT2D eigenvalue weighted by Crippen LogP contribution is -2.21. The molecule has 1 N–H and O–H groups in total. The first-order chi connectivity index (χ1) is 7.74. The van der Waals surface area contributed by atoms with Gasteiger partial charge >= 0.3 is 5.97 Å². The van der Waals surface area contributed by atoms with E-state index in [1.165, 1.54) is 0 Å². The molecule has 3 nitrogen and oxygen atoms in total. The number of hydrogen-bond acceptors (Lipinski definition) is 2. The van der Waals surface area contributed by atoms with Gasteiger partial charge in [-0.2, -0.15) is 0 Å². The Hall–Kier alpha value is -1.35. The maximum absolute atomic E-state index is 11.2. The first-order valence-corrected chi connectivity index (χ1v) is 5.66. The van der Waals surface area contributed by atoms with E-state index >= 15 is 0 Å². The molecule has 0 bridgehead atoms. The summed E-state index contributed by atoms with van der Waals surface area (Å²) in [6, 6.07) is 7.84. The molecule has 1 aromatic carbocycles. The van der Waals surface area contributed by atoms with E-state index in [0.29, 0.717) is 13.0 Å². The lowest BCUT2D eigenvalue weighted by atomic mass is 10.0. The molecular formula is C13H16O3. The summed E-state index contributed by atoms with van der Waals surface area (Å²) in [5.41, 5.74) is 2.15. The average Bonchev–Trinajstić information content (AvgIpc) is 2.65. The maximum Gasteiger partial charge on any atom is 0.309 e. The summed E-state index contributed by atoms with van der Waals surface area (Å²) in [5.74, 6) is -1.19. The normalized spacial score (nSPS) is 23.1. The van der Waals surface area contributed by atoms with Gasteiger partial charge in [-0.25, -0.2) is 0 Å². The summed E-state index contributed by atoms with van der Waals surface area (Å²) in [7, 11) is 0. The molecular weight excluding hydrogens is 204 g/mol. The monoisotopic (exact) mass is 220 g/mol. The second kappa shape index (κ2) is 4.66. The van der Waals surface area contributed by atoms with Crippen LogP contribution in [0.3, 0.4) is 0 Å². The van der Waals surface area contributed by atoms with Crippen molar-refractivity contribution < 1.29 is 14.6 Å². The molecule has 0 heterocycles. The number of benzene rings is 1. The van der Waals surface area contributed by atoms with Crippen LogP contribution in [0.2, 0.25) is 0 Å². The summed E-state index contributed by atoms with van der Waals surface area (Å²) in [6.45, 7) is 2.64. The Balaban J connectivity index is 2.25. The molecule has 2 unspecified atom stereocenters. The van der Waals surface area contributed by atoms with Crippen LogP contribution in [-0.2, 0) is 16.0 Å². The number of carbonyl (C=O) groups is 1. The van der Waals surface area contributed by atoms with Crippen molar-refractivity contribution in [2.75, 3.05) is 6.61 Å². The fraction of sp³-hybridized carbons (Fsp3) is 0.462. The summed E-state index contributed by atoms with van der Waals surface area (Å²) in [6.07, 6.45) is 1.22. The molecule has 1 aliphatic carbocycles. The Bertz CT molecular complexity index is 387. The summed E-state index contributed by atoms with van der Waals surface area (Å²) in [5, 5.41) is 9.18. The summed E-state index contributed by atoms with van der Waals surface area (Å²) < 4.78 is 5.67. The molecule has 2 atom stereocenters. The van der Waals surface area contributed by atoms with Crippen molar-refractivity contribution in [1.82, 2.24) is 0 Å². The van der Waals surface area contributed by atoms with E-state index in [-0.39, 0.29) is 6.10 Å². The number of fused-ring (bicyclic) bond motifs is 1. The van der Waals surface area contributed by atoms with Gasteiger partial charge in [-0.05, 0) is 24.0 Å². The summed E-state index contributed by atoms with van der Waals surface area (Å²) >= 11 is 0. The number of aliphatic carboxylic acids is 1. The van der Waals surface area contributed by atoms with Crippen molar-refractivity contribution >= 4 is 5.97 Å². The van der Waals surface area contributed by atoms with Gasteiger partial charge in [0.15, 0.2) is 0 Å². The van der Waals surface area contributed by atoms with E-state index in [1.54, 1.807) is 0 Å². The largest absolute Gasteiger partial charge is 0.481 e. The molecule has 3 heteroatoms. The Labute approximate surface area is 95.0 Å². The van der Waals surface area contributed by atoms with Crippen LogP contribution in [0.1, 0.15) is 30.6 Å². The molecule has 86 valence electrons. The fourth-order valence-corrected chi connectivity index (χ4v) is 2.23. The van der Waals surface area contributed by atoms with Crippen LogP contribution in [0, 0.1) is 5.92 Å². The predicted octanol–water partition coefficient (Wildman–Crippen LogP) is 2.41. The number of hydrogen-bond donors (Lipinski definition) is 1. The van der Waals surface area contributed by atoms with Crippen molar-refractivity contribution in [3.63, 3.8) is 0 Å². The Kier molecular flexibility index (Phi) is 3.25. The van der Waals surface area contributed by atoms with Gasteiger partial charge in [0.25, 0.3) is 0 Å². The second-order valence-corrected chi connectivity index (χ2v) is 4.14. The van der Waals surface area contributed by atoms with Gasteiger partial charge in [-0.15, -0.1) is 0 Å². The quantitative estimate of drug-likeness (QED) is 0.847. The zero-order valence-corrected chi connectivity index (χ0v) is 9.35. The zero-order chi connectivity index (χ0) is 11.5. The standard InChI is InChI=1S/C13H16O3/c1-2-7-16-12-10-6-4-3-5-9(10)8-11(12)13(14)15/h3-6,11-12H,2,7-8H2,1H3,(H,14,15). The highest BCUT2D eigenvalue weighted by molar-refractivity contribution is 5.73. The number of carboxylic acids is 1. The van der Waals surface area contributed by atoms with Gasteiger partial charge in [0, 0.05) is 6.61 Å². The van der Waals surface area contributed by atoms with E-state index in [9.17, 15) is 9.90 Å². The third-order valence-electron chi connectivity index (χ3n) is 2.99. The Morgan fingerprint density at radius 3 is 2.94 bits per heavy atom. The van der Waals surface area contributed by atoms with Crippen molar-refractivity contribution in [3.05, 3.63) is 35.4 Å². The molecule has 16 heavy (non-hydrogen) atoms. The van der Waals surface area contributed by atoms with Crippen LogP contribution >= 0.6 is 0 Å². The SMILES string of the molecule is CCCOC1c2ccccc2CC1C(=O)O.